The first kappa shape index (κ1) is 17.5. The van der Waals surface area contributed by atoms with Gasteiger partial charge in [0.05, 0.1) is 11.2 Å². The van der Waals surface area contributed by atoms with Crippen molar-refractivity contribution in [3.63, 3.8) is 0 Å². The maximum Gasteiger partial charge on any atom is 0.251 e. The highest BCUT2D eigenvalue weighted by Crippen LogP contribution is 2.27. The quantitative estimate of drug-likeness (QED) is 0.502. The van der Waals surface area contributed by atoms with Crippen LogP contribution in [0, 0.1) is 0 Å². The van der Waals surface area contributed by atoms with Crippen LogP contribution in [0.5, 0.6) is 0 Å². The summed E-state index contributed by atoms with van der Waals surface area (Å²) in [6, 6.07) is 22.0. The Bertz CT molecular complexity index is 1170. The average molecular weight is 370 g/mol. The van der Waals surface area contributed by atoms with Crippen LogP contribution in [-0.4, -0.2) is 22.0 Å². The molecule has 0 saturated heterocycles. The largest absolute Gasteiger partial charge is 0.366 e. The zero-order valence-electron chi connectivity index (χ0n) is 15.0. The third-order valence-electron chi connectivity index (χ3n) is 4.54. The minimum Gasteiger partial charge on any atom is -0.366 e. The molecule has 0 unspecified atom stereocenters. The molecule has 6 heteroatoms. The van der Waals surface area contributed by atoms with Gasteiger partial charge in [-0.05, 0) is 42.0 Å². The Hall–Kier alpha value is -3.93. The third kappa shape index (κ3) is 3.48. The standard InChI is InChI=1S/C22H18N4O2/c23-21(27)17-9-10-19-18(12-17)20(26-25-19)16-8-4-5-14(11-16)13-24-22(28)15-6-2-1-3-7-15/h1-12H,13H2,(H2,23,27)(H,24,28)(H,25,26). The number of aromatic nitrogens is 2. The van der Waals surface area contributed by atoms with Gasteiger partial charge in [-0.25, -0.2) is 0 Å². The SMILES string of the molecule is NC(=O)c1ccc2[nH]nc(-c3cccc(CNC(=O)c4ccccc4)c3)c2c1. The van der Waals surface area contributed by atoms with Crippen molar-refractivity contribution >= 4 is 22.7 Å². The molecule has 4 N–H and O–H groups in total. The maximum atomic E-state index is 12.2. The Morgan fingerprint density at radius 1 is 0.929 bits per heavy atom. The summed E-state index contributed by atoms with van der Waals surface area (Å²) < 4.78 is 0. The zero-order valence-corrected chi connectivity index (χ0v) is 15.0. The van der Waals surface area contributed by atoms with E-state index in [0.717, 1.165) is 27.7 Å². The van der Waals surface area contributed by atoms with Crippen LogP contribution in [0.1, 0.15) is 26.3 Å². The van der Waals surface area contributed by atoms with Crippen molar-refractivity contribution in [1.82, 2.24) is 15.5 Å². The maximum absolute atomic E-state index is 12.2. The second kappa shape index (κ2) is 7.36. The molecule has 28 heavy (non-hydrogen) atoms. The molecule has 0 aliphatic rings. The number of carbonyl (C=O) groups excluding carboxylic acids is 2. The first-order chi connectivity index (χ1) is 13.6. The highest BCUT2D eigenvalue weighted by atomic mass is 16.2. The molecule has 0 fully saturated rings. The fourth-order valence-corrected chi connectivity index (χ4v) is 3.09. The van der Waals surface area contributed by atoms with E-state index in [-0.39, 0.29) is 5.91 Å². The summed E-state index contributed by atoms with van der Waals surface area (Å²) in [4.78, 5) is 23.7. The fourth-order valence-electron chi connectivity index (χ4n) is 3.09. The molecule has 1 heterocycles. The summed E-state index contributed by atoms with van der Waals surface area (Å²) in [6.45, 7) is 0.399. The van der Waals surface area contributed by atoms with Crippen LogP contribution in [-0.2, 0) is 6.54 Å². The Morgan fingerprint density at radius 3 is 2.54 bits per heavy atom. The van der Waals surface area contributed by atoms with Gasteiger partial charge in [0, 0.05) is 28.6 Å². The van der Waals surface area contributed by atoms with E-state index in [0.29, 0.717) is 17.7 Å². The highest BCUT2D eigenvalue weighted by Gasteiger charge is 2.11. The Labute approximate surface area is 161 Å². The van der Waals surface area contributed by atoms with Crippen molar-refractivity contribution in [3.8, 4) is 11.3 Å². The van der Waals surface area contributed by atoms with Gasteiger partial charge in [-0.3, -0.25) is 14.7 Å². The lowest BCUT2D eigenvalue weighted by Crippen LogP contribution is -2.22. The van der Waals surface area contributed by atoms with Gasteiger partial charge in [0.15, 0.2) is 0 Å². The summed E-state index contributed by atoms with van der Waals surface area (Å²) in [6.07, 6.45) is 0. The van der Waals surface area contributed by atoms with E-state index in [4.69, 9.17) is 5.73 Å². The number of nitrogens with one attached hydrogen (secondary N) is 2. The molecule has 0 saturated carbocycles. The zero-order chi connectivity index (χ0) is 19.5. The number of rotatable bonds is 5. The van der Waals surface area contributed by atoms with E-state index >= 15 is 0 Å². The third-order valence-corrected chi connectivity index (χ3v) is 4.54. The number of nitrogens with two attached hydrogens (primary N) is 1. The lowest BCUT2D eigenvalue weighted by atomic mass is 10.0. The Kier molecular flexibility index (Phi) is 4.60. The summed E-state index contributed by atoms with van der Waals surface area (Å²) >= 11 is 0. The number of hydrogen-bond acceptors (Lipinski definition) is 3. The first-order valence-corrected chi connectivity index (χ1v) is 8.82. The minimum atomic E-state index is -0.480. The topological polar surface area (TPSA) is 101 Å². The number of benzene rings is 3. The normalized spacial score (nSPS) is 10.7. The van der Waals surface area contributed by atoms with E-state index in [9.17, 15) is 9.59 Å². The van der Waals surface area contributed by atoms with Crippen molar-refractivity contribution in [2.45, 2.75) is 6.54 Å². The second-order valence-corrected chi connectivity index (χ2v) is 6.45. The second-order valence-electron chi connectivity index (χ2n) is 6.45. The van der Waals surface area contributed by atoms with Crippen molar-refractivity contribution in [3.05, 3.63) is 89.5 Å². The molecule has 2 amide bonds. The number of amides is 2. The number of H-pyrrole nitrogens is 1. The minimum absolute atomic E-state index is 0.123. The predicted octanol–water partition coefficient (Wildman–Crippen LogP) is 3.26. The van der Waals surface area contributed by atoms with Gasteiger partial charge in [-0.2, -0.15) is 5.10 Å². The molecule has 3 aromatic carbocycles. The number of primary amides is 1. The molecule has 0 aliphatic heterocycles. The molecule has 4 aromatic rings. The van der Waals surface area contributed by atoms with E-state index in [1.165, 1.54) is 0 Å². The van der Waals surface area contributed by atoms with Gasteiger partial charge in [0.25, 0.3) is 5.91 Å². The van der Waals surface area contributed by atoms with Gasteiger partial charge in [0.1, 0.15) is 0 Å². The van der Waals surface area contributed by atoms with E-state index in [2.05, 4.69) is 15.5 Å². The number of nitrogens with zero attached hydrogens (tertiary/aromatic N) is 1. The van der Waals surface area contributed by atoms with Gasteiger partial charge in [-0.1, -0.05) is 36.4 Å². The summed E-state index contributed by atoms with van der Waals surface area (Å²) in [5, 5.41) is 11.1. The molecule has 0 spiro atoms. The Balaban J connectivity index is 1.59. The van der Waals surface area contributed by atoms with E-state index < -0.39 is 5.91 Å². The van der Waals surface area contributed by atoms with Crippen molar-refractivity contribution < 1.29 is 9.59 Å². The van der Waals surface area contributed by atoms with Crippen LogP contribution < -0.4 is 11.1 Å². The first-order valence-electron chi connectivity index (χ1n) is 8.82. The highest BCUT2D eigenvalue weighted by molar-refractivity contribution is 6.00. The van der Waals surface area contributed by atoms with Crippen LogP contribution in [0.4, 0.5) is 0 Å². The van der Waals surface area contributed by atoms with Crippen LogP contribution >= 0.6 is 0 Å². The molecule has 4 rings (SSSR count). The van der Waals surface area contributed by atoms with Gasteiger partial charge in [0.2, 0.25) is 5.91 Å². The molecule has 1 aromatic heterocycles. The monoisotopic (exact) mass is 370 g/mol. The lowest BCUT2D eigenvalue weighted by molar-refractivity contribution is 0.0949. The smallest absolute Gasteiger partial charge is 0.251 e. The van der Waals surface area contributed by atoms with Crippen molar-refractivity contribution in [2.75, 3.05) is 0 Å². The lowest BCUT2D eigenvalue weighted by Gasteiger charge is -2.07. The summed E-state index contributed by atoms with van der Waals surface area (Å²) in [5.41, 5.74) is 9.83. The van der Waals surface area contributed by atoms with Crippen LogP contribution in [0.3, 0.4) is 0 Å². The molecule has 0 radical (unpaired) electrons. The average Bonchev–Trinajstić information content (AvgIpc) is 3.16. The molecule has 138 valence electrons. The van der Waals surface area contributed by atoms with Crippen LogP contribution in [0.15, 0.2) is 72.8 Å². The molecular formula is C22H18N4O2. The summed E-state index contributed by atoms with van der Waals surface area (Å²) in [5.74, 6) is -0.603. The van der Waals surface area contributed by atoms with E-state index in [1.807, 2.05) is 42.5 Å². The van der Waals surface area contributed by atoms with Crippen LogP contribution in [0.25, 0.3) is 22.2 Å². The molecule has 0 aliphatic carbocycles. The van der Waals surface area contributed by atoms with Crippen molar-refractivity contribution in [1.29, 1.82) is 0 Å². The molecule has 6 nitrogen and oxygen atoms in total. The molecule has 0 bridgehead atoms. The van der Waals surface area contributed by atoms with Gasteiger partial charge < -0.3 is 11.1 Å². The molecule has 0 atom stereocenters. The number of carbonyl (C=O) groups is 2. The molecular weight excluding hydrogens is 352 g/mol. The number of fused-ring (bicyclic) bond motifs is 1. The number of hydrogen-bond donors (Lipinski definition) is 3. The van der Waals surface area contributed by atoms with Gasteiger partial charge in [-0.15, -0.1) is 0 Å². The van der Waals surface area contributed by atoms with E-state index in [1.54, 1.807) is 30.3 Å². The van der Waals surface area contributed by atoms with Gasteiger partial charge >= 0.3 is 0 Å². The number of aromatic amines is 1. The predicted molar refractivity (Wildman–Crippen MR) is 108 cm³/mol. The summed E-state index contributed by atoms with van der Waals surface area (Å²) in [7, 11) is 0. The van der Waals surface area contributed by atoms with Crippen LogP contribution in [0.2, 0.25) is 0 Å². The fraction of sp³-hybridized carbons (Fsp3) is 0.0455. The Morgan fingerprint density at radius 2 is 1.75 bits per heavy atom. The van der Waals surface area contributed by atoms with Crippen molar-refractivity contribution in [2.24, 2.45) is 5.73 Å².